The third kappa shape index (κ3) is 14.8. The smallest absolute Gasteiger partial charge is 0.0354 e. The quantitative estimate of drug-likeness (QED) is 0.408. The van der Waals surface area contributed by atoms with Crippen LogP contribution in [0.1, 0.15) is 128 Å². The Morgan fingerprint density at radius 1 is 0.520 bits per heavy atom. The van der Waals surface area contributed by atoms with Crippen LogP contribution in [0.5, 0.6) is 0 Å². The van der Waals surface area contributed by atoms with Gasteiger partial charge in [-0.05, 0) is 65.6 Å². The van der Waals surface area contributed by atoms with E-state index >= 15 is 0 Å². The molecule has 0 aromatic carbocycles. The summed E-state index contributed by atoms with van der Waals surface area (Å²) in [4.78, 5) is 0. The number of hydrogen-bond acceptors (Lipinski definition) is 0. The maximum atomic E-state index is 2.44. The molecular formula is C25H52. The first-order chi connectivity index (χ1) is 10.9. The first-order valence-corrected chi connectivity index (χ1v) is 10.9. The van der Waals surface area contributed by atoms with Gasteiger partial charge >= 0.3 is 0 Å². The van der Waals surface area contributed by atoms with Crippen molar-refractivity contribution in [3.8, 4) is 0 Å². The molecule has 0 radical (unpaired) electrons. The topological polar surface area (TPSA) is 0 Å². The van der Waals surface area contributed by atoms with Gasteiger partial charge in [-0.2, -0.15) is 0 Å². The number of rotatable bonds is 8. The molecule has 0 rings (SSSR count). The molecule has 0 heteroatoms. The molecule has 0 aromatic rings. The summed E-state index contributed by atoms with van der Waals surface area (Å²) in [5.41, 5.74) is 1.79. The van der Waals surface area contributed by atoms with Gasteiger partial charge in [-0.25, -0.2) is 0 Å². The summed E-state index contributed by atoms with van der Waals surface area (Å²) in [6, 6.07) is 0. The lowest BCUT2D eigenvalue weighted by Crippen LogP contribution is -2.26. The summed E-state index contributed by atoms with van der Waals surface area (Å²) < 4.78 is 0. The van der Waals surface area contributed by atoms with E-state index in [1.807, 2.05) is 0 Å². The highest BCUT2D eigenvalue weighted by Gasteiger charge is 2.29. The van der Waals surface area contributed by atoms with Crippen molar-refractivity contribution >= 4 is 0 Å². The van der Waals surface area contributed by atoms with Crippen molar-refractivity contribution in [1.29, 1.82) is 0 Å². The van der Waals surface area contributed by atoms with Crippen molar-refractivity contribution < 1.29 is 0 Å². The van der Waals surface area contributed by atoms with E-state index in [9.17, 15) is 0 Å². The Bertz CT molecular complexity index is 347. The van der Waals surface area contributed by atoms with E-state index in [1.54, 1.807) is 0 Å². The Kier molecular flexibility index (Phi) is 9.27. The molecule has 0 fully saturated rings. The Balaban J connectivity index is 4.73. The van der Waals surface area contributed by atoms with Gasteiger partial charge in [0.1, 0.15) is 0 Å². The molecule has 0 N–H and O–H groups in total. The Morgan fingerprint density at radius 3 is 1.36 bits per heavy atom. The average molecular weight is 353 g/mol. The minimum atomic E-state index is 0.429. The molecule has 0 nitrogen and oxygen atoms in total. The van der Waals surface area contributed by atoms with Crippen LogP contribution in [0.3, 0.4) is 0 Å². The van der Waals surface area contributed by atoms with Gasteiger partial charge < -0.3 is 0 Å². The van der Waals surface area contributed by atoms with Crippen LogP contribution < -0.4 is 0 Å². The fourth-order valence-electron chi connectivity index (χ4n) is 4.09. The SMILES string of the molecule is CC(C)(C)CCC(CCC[C@@H](CC(C)(C)C)C(C)(C)C)CC(C)(C)C. The van der Waals surface area contributed by atoms with Crippen molar-refractivity contribution in [3.63, 3.8) is 0 Å². The Hall–Kier alpha value is 0. The molecule has 0 heterocycles. The summed E-state index contributed by atoms with van der Waals surface area (Å²) in [5, 5.41) is 0. The first-order valence-electron chi connectivity index (χ1n) is 10.9. The maximum absolute atomic E-state index is 2.44. The molecule has 0 amide bonds. The minimum absolute atomic E-state index is 0.429. The summed E-state index contributed by atoms with van der Waals surface area (Å²) in [6.07, 6.45) is 9.72. The van der Waals surface area contributed by atoms with E-state index in [0.29, 0.717) is 21.7 Å². The van der Waals surface area contributed by atoms with Gasteiger partial charge in [0.2, 0.25) is 0 Å². The van der Waals surface area contributed by atoms with Crippen LogP contribution in [0.2, 0.25) is 0 Å². The standard InChI is InChI=1S/C25H52/c1-22(2,3)17-16-20(18-23(4,5)6)14-13-15-21(25(10,11)12)19-24(7,8)9/h20-21H,13-19H2,1-12H3/t20?,21-/m0/s1. The fourth-order valence-corrected chi connectivity index (χ4v) is 4.09. The molecule has 0 aliphatic carbocycles. The summed E-state index contributed by atoms with van der Waals surface area (Å²) >= 11 is 0. The van der Waals surface area contributed by atoms with E-state index < -0.39 is 0 Å². The second-order valence-corrected chi connectivity index (χ2v) is 13.5. The normalized spacial score (nSPS) is 16.8. The molecule has 2 atom stereocenters. The third-order valence-corrected chi connectivity index (χ3v) is 5.45. The van der Waals surface area contributed by atoms with E-state index in [2.05, 4.69) is 83.1 Å². The molecule has 0 aliphatic heterocycles. The van der Waals surface area contributed by atoms with Crippen LogP contribution in [0.4, 0.5) is 0 Å². The fraction of sp³-hybridized carbons (Fsp3) is 1.00. The van der Waals surface area contributed by atoms with Gasteiger partial charge in [-0.1, -0.05) is 95.9 Å². The zero-order chi connectivity index (χ0) is 20.1. The zero-order valence-corrected chi connectivity index (χ0v) is 20.1. The van der Waals surface area contributed by atoms with Crippen molar-refractivity contribution in [2.24, 2.45) is 33.5 Å². The molecule has 0 spiro atoms. The van der Waals surface area contributed by atoms with Crippen LogP contribution in [-0.2, 0) is 0 Å². The average Bonchev–Trinajstić information content (AvgIpc) is 2.29. The summed E-state index contributed by atoms with van der Waals surface area (Å²) in [6.45, 7) is 28.9. The lowest BCUT2D eigenvalue weighted by molar-refractivity contribution is 0.146. The molecule has 0 saturated heterocycles. The van der Waals surface area contributed by atoms with E-state index in [1.165, 1.54) is 44.9 Å². The highest BCUT2D eigenvalue weighted by atomic mass is 14.3. The zero-order valence-electron chi connectivity index (χ0n) is 20.1. The van der Waals surface area contributed by atoms with Crippen molar-refractivity contribution in [3.05, 3.63) is 0 Å². The highest BCUT2D eigenvalue weighted by Crippen LogP contribution is 2.40. The lowest BCUT2D eigenvalue weighted by atomic mass is 9.69. The maximum Gasteiger partial charge on any atom is -0.0354 e. The van der Waals surface area contributed by atoms with E-state index in [-0.39, 0.29) is 0 Å². The second kappa shape index (κ2) is 9.27. The van der Waals surface area contributed by atoms with Crippen LogP contribution in [0.15, 0.2) is 0 Å². The molecule has 25 heavy (non-hydrogen) atoms. The molecule has 0 bridgehead atoms. The molecule has 1 unspecified atom stereocenters. The summed E-state index contributed by atoms with van der Waals surface area (Å²) in [5.74, 6) is 1.74. The van der Waals surface area contributed by atoms with Crippen molar-refractivity contribution in [2.45, 2.75) is 128 Å². The molecule has 0 aromatic heterocycles. The monoisotopic (exact) mass is 352 g/mol. The molecule has 0 aliphatic rings. The predicted molar refractivity (Wildman–Crippen MR) is 117 cm³/mol. The lowest BCUT2D eigenvalue weighted by Gasteiger charge is -2.36. The third-order valence-electron chi connectivity index (χ3n) is 5.45. The van der Waals surface area contributed by atoms with Crippen LogP contribution in [0.25, 0.3) is 0 Å². The minimum Gasteiger partial charge on any atom is -0.0602 e. The number of hydrogen-bond donors (Lipinski definition) is 0. The van der Waals surface area contributed by atoms with Gasteiger partial charge in [-0.15, -0.1) is 0 Å². The van der Waals surface area contributed by atoms with Gasteiger partial charge in [-0.3, -0.25) is 0 Å². The van der Waals surface area contributed by atoms with Crippen LogP contribution in [0, 0.1) is 33.5 Å². The summed E-state index contributed by atoms with van der Waals surface area (Å²) in [7, 11) is 0. The highest BCUT2D eigenvalue weighted by molar-refractivity contribution is 4.80. The molecule has 152 valence electrons. The van der Waals surface area contributed by atoms with Crippen molar-refractivity contribution in [1.82, 2.24) is 0 Å². The van der Waals surface area contributed by atoms with E-state index in [0.717, 1.165) is 11.8 Å². The van der Waals surface area contributed by atoms with Gasteiger partial charge in [0.25, 0.3) is 0 Å². The molecular weight excluding hydrogens is 300 g/mol. The Labute approximate surface area is 161 Å². The van der Waals surface area contributed by atoms with Gasteiger partial charge in [0.15, 0.2) is 0 Å². The van der Waals surface area contributed by atoms with Gasteiger partial charge in [0.05, 0.1) is 0 Å². The largest absolute Gasteiger partial charge is 0.0602 e. The van der Waals surface area contributed by atoms with Crippen LogP contribution >= 0.6 is 0 Å². The second-order valence-electron chi connectivity index (χ2n) is 13.5. The van der Waals surface area contributed by atoms with E-state index in [4.69, 9.17) is 0 Å². The Morgan fingerprint density at radius 2 is 1.00 bits per heavy atom. The van der Waals surface area contributed by atoms with Gasteiger partial charge in [0, 0.05) is 0 Å². The van der Waals surface area contributed by atoms with Crippen molar-refractivity contribution in [2.75, 3.05) is 0 Å². The predicted octanol–water partition coefficient (Wildman–Crippen LogP) is 9.13. The first kappa shape index (κ1) is 25.0. The molecule has 0 saturated carbocycles. The van der Waals surface area contributed by atoms with Crippen LogP contribution in [-0.4, -0.2) is 0 Å².